The summed E-state index contributed by atoms with van der Waals surface area (Å²) in [6, 6.07) is 8.06. The van der Waals surface area contributed by atoms with Crippen LogP contribution < -0.4 is 5.32 Å². The molecule has 0 unspecified atom stereocenters. The van der Waals surface area contributed by atoms with E-state index in [0.717, 1.165) is 5.69 Å². The normalized spacial score (nSPS) is 33.2. The maximum atomic E-state index is 11.2. The number of rotatable bonds is 0. The van der Waals surface area contributed by atoms with Crippen molar-refractivity contribution in [3.05, 3.63) is 29.8 Å². The van der Waals surface area contributed by atoms with Crippen molar-refractivity contribution in [1.29, 1.82) is 0 Å². The minimum Gasteiger partial charge on any atom is -0.441 e. The lowest BCUT2D eigenvalue weighted by Gasteiger charge is -2.19. The van der Waals surface area contributed by atoms with E-state index in [9.17, 15) is 4.79 Å². The Hall–Kier alpha value is -1.51. The monoisotopic (exact) mass is 189 g/mol. The van der Waals surface area contributed by atoms with Crippen LogP contribution in [0.25, 0.3) is 0 Å². The van der Waals surface area contributed by atoms with Gasteiger partial charge in [0.25, 0.3) is 0 Å². The number of nitrogens with one attached hydrogen (secondary N) is 1. The molecule has 72 valence electrons. The van der Waals surface area contributed by atoms with Crippen LogP contribution in [0.3, 0.4) is 0 Å². The van der Waals surface area contributed by atoms with Gasteiger partial charge in [0.2, 0.25) is 0 Å². The highest BCUT2D eigenvalue weighted by molar-refractivity contribution is 5.79. The van der Waals surface area contributed by atoms with Crippen LogP contribution in [0.15, 0.2) is 24.3 Å². The van der Waals surface area contributed by atoms with Crippen LogP contribution in [0.2, 0.25) is 0 Å². The number of hydrogen-bond acceptors (Lipinski definition) is 3. The molecule has 2 atom stereocenters. The number of esters is 1. The first-order valence-electron chi connectivity index (χ1n) is 4.76. The van der Waals surface area contributed by atoms with Crippen LogP contribution in [-0.2, 0) is 14.9 Å². The van der Waals surface area contributed by atoms with Gasteiger partial charge >= 0.3 is 5.97 Å². The maximum Gasteiger partial charge on any atom is 0.308 e. The first-order chi connectivity index (χ1) is 6.70. The highest BCUT2D eigenvalue weighted by Gasteiger charge is 2.51. The summed E-state index contributed by atoms with van der Waals surface area (Å²) in [6.45, 7) is 2.07. The second-order valence-corrected chi connectivity index (χ2v) is 4.15. The molecular weight excluding hydrogens is 178 g/mol. The molecule has 0 amide bonds. The average Bonchev–Trinajstić information content (AvgIpc) is 2.55. The van der Waals surface area contributed by atoms with E-state index in [1.54, 1.807) is 0 Å². The fourth-order valence-electron chi connectivity index (χ4n) is 2.37. The van der Waals surface area contributed by atoms with E-state index in [1.807, 2.05) is 18.2 Å². The molecule has 1 N–H and O–H groups in total. The molecule has 2 aliphatic heterocycles. The number of hydrogen-bond donors (Lipinski definition) is 1. The molecule has 1 saturated heterocycles. The summed E-state index contributed by atoms with van der Waals surface area (Å²) >= 11 is 0. The predicted octanol–water partition coefficient (Wildman–Crippen LogP) is 1.64. The van der Waals surface area contributed by atoms with Crippen LogP contribution in [0.5, 0.6) is 0 Å². The van der Waals surface area contributed by atoms with Gasteiger partial charge in [-0.1, -0.05) is 18.2 Å². The number of carbonyl (C=O) groups excluding carboxylic acids is 1. The Kier molecular flexibility index (Phi) is 1.29. The third-order valence-electron chi connectivity index (χ3n) is 3.17. The Morgan fingerprint density at radius 2 is 2.29 bits per heavy atom. The van der Waals surface area contributed by atoms with Crippen molar-refractivity contribution in [3.63, 3.8) is 0 Å². The van der Waals surface area contributed by atoms with Gasteiger partial charge in [0.1, 0.15) is 0 Å². The van der Waals surface area contributed by atoms with Crippen molar-refractivity contribution in [2.45, 2.75) is 25.0 Å². The van der Waals surface area contributed by atoms with Gasteiger partial charge in [-0.15, -0.1) is 0 Å². The predicted molar refractivity (Wildman–Crippen MR) is 51.9 cm³/mol. The summed E-state index contributed by atoms with van der Waals surface area (Å²) in [7, 11) is 0. The average molecular weight is 189 g/mol. The zero-order valence-electron chi connectivity index (χ0n) is 7.91. The Labute approximate surface area is 82.1 Å². The third-order valence-corrected chi connectivity index (χ3v) is 3.17. The van der Waals surface area contributed by atoms with E-state index in [1.165, 1.54) is 5.56 Å². The molecule has 1 aromatic rings. The summed E-state index contributed by atoms with van der Waals surface area (Å²) < 4.78 is 5.22. The van der Waals surface area contributed by atoms with Gasteiger partial charge in [0.15, 0.2) is 6.23 Å². The van der Waals surface area contributed by atoms with Crippen LogP contribution >= 0.6 is 0 Å². The first-order valence-corrected chi connectivity index (χ1v) is 4.76. The lowest BCUT2D eigenvalue weighted by atomic mass is 9.82. The number of fused-ring (bicyclic) bond motifs is 3. The van der Waals surface area contributed by atoms with Gasteiger partial charge in [-0.2, -0.15) is 0 Å². The summed E-state index contributed by atoms with van der Waals surface area (Å²) in [5.74, 6) is -0.112. The van der Waals surface area contributed by atoms with Crippen molar-refractivity contribution < 1.29 is 9.53 Å². The van der Waals surface area contributed by atoms with Gasteiger partial charge in [-0.3, -0.25) is 4.79 Å². The molecule has 0 aliphatic carbocycles. The van der Waals surface area contributed by atoms with Crippen molar-refractivity contribution in [2.75, 3.05) is 5.32 Å². The highest BCUT2D eigenvalue weighted by atomic mass is 16.6. The molecule has 0 spiro atoms. The molecule has 2 heterocycles. The number of ether oxygens (including phenoxy) is 1. The molecule has 0 aromatic heterocycles. The number of benzene rings is 1. The summed E-state index contributed by atoms with van der Waals surface area (Å²) in [4.78, 5) is 11.2. The van der Waals surface area contributed by atoms with E-state index in [-0.39, 0.29) is 17.6 Å². The van der Waals surface area contributed by atoms with Gasteiger partial charge in [0.05, 0.1) is 11.8 Å². The van der Waals surface area contributed by atoms with Crippen LogP contribution in [-0.4, -0.2) is 12.2 Å². The lowest BCUT2D eigenvalue weighted by molar-refractivity contribution is -0.140. The molecule has 2 aliphatic rings. The van der Waals surface area contributed by atoms with Crippen molar-refractivity contribution in [2.24, 2.45) is 0 Å². The molecule has 1 aromatic carbocycles. The van der Waals surface area contributed by atoms with E-state index in [0.29, 0.717) is 6.42 Å². The first kappa shape index (κ1) is 7.85. The second-order valence-electron chi connectivity index (χ2n) is 4.15. The van der Waals surface area contributed by atoms with E-state index < -0.39 is 0 Å². The topological polar surface area (TPSA) is 38.3 Å². The zero-order chi connectivity index (χ0) is 9.76. The highest BCUT2D eigenvalue weighted by Crippen LogP contribution is 2.47. The molecule has 3 rings (SSSR count). The molecule has 14 heavy (non-hydrogen) atoms. The van der Waals surface area contributed by atoms with Gasteiger partial charge in [0, 0.05) is 5.69 Å². The zero-order valence-corrected chi connectivity index (χ0v) is 7.91. The minimum absolute atomic E-state index is 0.112. The van der Waals surface area contributed by atoms with Crippen molar-refractivity contribution >= 4 is 11.7 Å². The quantitative estimate of drug-likeness (QED) is 0.630. The van der Waals surface area contributed by atoms with E-state index in [4.69, 9.17) is 4.74 Å². The Morgan fingerprint density at radius 3 is 3.14 bits per heavy atom. The molecular formula is C11H11NO2. The van der Waals surface area contributed by atoms with Gasteiger partial charge < -0.3 is 10.1 Å². The SMILES string of the molecule is C[C@]12CC(=O)O[C@H]1Nc1ccccc12. The lowest BCUT2D eigenvalue weighted by Crippen LogP contribution is -2.31. The molecule has 0 saturated carbocycles. The van der Waals surface area contributed by atoms with E-state index in [2.05, 4.69) is 18.3 Å². The summed E-state index contributed by atoms with van der Waals surface area (Å²) in [5, 5.41) is 3.22. The van der Waals surface area contributed by atoms with Crippen LogP contribution in [0.1, 0.15) is 18.9 Å². The van der Waals surface area contributed by atoms with Crippen molar-refractivity contribution in [3.8, 4) is 0 Å². The molecule has 1 fully saturated rings. The maximum absolute atomic E-state index is 11.2. The molecule has 0 radical (unpaired) electrons. The Morgan fingerprint density at radius 1 is 1.50 bits per heavy atom. The number of anilines is 1. The van der Waals surface area contributed by atoms with Gasteiger partial charge in [-0.25, -0.2) is 0 Å². The van der Waals surface area contributed by atoms with Crippen LogP contribution in [0, 0.1) is 0 Å². The number of carbonyl (C=O) groups is 1. The van der Waals surface area contributed by atoms with Crippen LogP contribution in [0.4, 0.5) is 5.69 Å². The fourth-order valence-corrected chi connectivity index (χ4v) is 2.37. The molecule has 3 heteroatoms. The second kappa shape index (κ2) is 2.29. The fraction of sp³-hybridized carbons (Fsp3) is 0.364. The molecule has 3 nitrogen and oxygen atoms in total. The van der Waals surface area contributed by atoms with Crippen molar-refractivity contribution in [1.82, 2.24) is 0 Å². The molecule has 0 bridgehead atoms. The summed E-state index contributed by atoms with van der Waals surface area (Å²) in [5.41, 5.74) is 2.11. The number of para-hydroxylation sites is 1. The van der Waals surface area contributed by atoms with Gasteiger partial charge in [-0.05, 0) is 18.6 Å². The summed E-state index contributed by atoms with van der Waals surface area (Å²) in [6.07, 6.45) is 0.300. The Bertz CT molecular complexity index is 416. The van der Waals surface area contributed by atoms with E-state index >= 15 is 0 Å². The Balaban J connectivity index is 2.15. The smallest absolute Gasteiger partial charge is 0.308 e. The third kappa shape index (κ3) is 0.794. The standard InChI is InChI=1S/C11H11NO2/c1-11-6-9(13)14-10(11)12-8-5-3-2-4-7(8)11/h2-5,10,12H,6H2,1H3/t10-,11-/m1/s1. The largest absolute Gasteiger partial charge is 0.441 e. The minimum atomic E-state index is -0.174.